The predicted molar refractivity (Wildman–Crippen MR) is 126 cm³/mol. The first-order chi connectivity index (χ1) is 16.0. The van der Waals surface area contributed by atoms with E-state index in [0.717, 1.165) is 35.1 Å². The fraction of sp³-hybridized carbons (Fsp3) is 0.400. The standard InChI is InChI=1S/C25H31N5O3/c1-4-7-12-22(31)30(25(5-2,6-3)24(32)33)17-18-13-15-19(16-14-18)20-10-8-9-11-21(20)23-26-28-29-27-23/h8-11,13-16H,4-7,12,17H2,1-3H3,(H,32,33)(H,26,27,28,29). The van der Waals surface area contributed by atoms with Crippen molar-refractivity contribution in [3.8, 4) is 22.5 Å². The summed E-state index contributed by atoms with van der Waals surface area (Å²) in [6, 6.07) is 15.7. The minimum atomic E-state index is -1.21. The van der Waals surface area contributed by atoms with Gasteiger partial charge in [-0.15, -0.1) is 5.10 Å². The van der Waals surface area contributed by atoms with Gasteiger partial charge in [-0.25, -0.2) is 9.89 Å². The molecule has 0 spiro atoms. The van der Waals surface area contributed by atoms with Crippen molar-refractivity contribution in [1.29, 1.82) is 0 Å². The number of carboxylic acid groups (broad SMARTS) is 1. The van der Waals surface area contributed by atoms with E-state index in [0.29, 0.717) is 25.1 Å². The topological polar surface area (TPSA) is 112 Å². The summed E-state index contributed by atoms with van der Waals surface area (Å²) in [4.78, 5) is 26.9. The van der Waals surface area contributed by atoms with Crippen LogP contribution in [0.3, 0.4) is 0 Å². The number of tetrazole rings is 1. The molecule has 0 aliphatic rings. The molecule has 2 N–H and O–H groups in total. The number of nitrogens with one attached hydrogen (secondary N) is 1. The zero-order valence-corrected chi connectivity index (χ0v) is 19.4. The number of rotatable bonds is 11. The van der Waals surface area contributed by atoms with Crippen LogP contribution in [0, 0.1) is 0 Å². The van der Waals surface area contributed by atoms with Gasteiger partial charge in [0.1, 0.15) is 5.54 Å². The first kappa shape index (κ1) is 24.1. The number of aromatic nitrogens is 4. The lowest BCUT2D eigenvalue weighted by atomic mass is 9.89. The van der Waals surface area contributed by atoms with Gasteiger partial charge in [0.15, 0.2) is 5.82 Å². The van der Waals surface area contributed by atoms with Gasteiger partial charge in [-0.2, -0.15) is 0 Å². The number of carboxylic acids is 1. The van der Waals surface area contributed by atoms with Crippen molar-refractivity contribution in [3.05, 3.63) is 54.1 Å². The Balaban J connectivity index is 1.92. The maximum Gasteiger partial charge on any atom is 0.329 e. The van der Waals surface area contributed by atoms with Crippen molar-refractivity contribution in [3.63, 3.8) is 0 Å². The average Bonchev–Trinajstić information content (AvgIpc) is 3.38. The summed E-state index contributed by atoms with van der Waals surface area (Å²) in [5, 5.41) is 24.2. The Morgan fingerprint density at radius 3 is 2.21 bits per heavy atom. The van der Waals surface area contributed by atoms with Gasteiger partial charge in [0.2, 0.25) is 5.91 Å². The minimum Gasteiger partial charge on any atom is -0.479 e. The van der Waals surface area contributed by atoms with E-state index >= 15 is 0 Å². The Labute approximate surface area is 194 Å². The second kappa shape index (κ2) is 10.8. The third-order valence-corrected chi connectivity index (χ3v) is 6.26. The van der Waals surface area contributed by atoms with Crippen LogP contribution in [0.5, 0.6) is 0 Å². The molecule has 3 aromatic rings. The number of nitrogens with zero attached hydrogens (tertiary/aromatic N) is 4. The van der Waals surface area contributed by atoms with Crippen molar-refractivity contribution in [2.24, 2.45) is 0 Å². The number of amides is 1. The van der Waals surface area contributed by atoms with Gasteiger partial charge in [0.25, 0.3) is 0 Å². The number of H-pyrrole nitrogens is 1. The molecule has 0 atom stereocenters. The van der Waals surface area contributed by atoms with Crippen LogP contribution in [0.1, 0.15) is 58.4 Å². The van der Waals surface area contributed by atoms with E-state index in [1.54, 1.807) is 4.90 Å². The fourth-order valence-electron chi connectivity index (χ4n) is 4.18. The molecule has 174 valence electrons. The Morgan fingerprint density at radius 2 is 1.67 bits per heavy atom. The molecule has 1 aromatic heterocycles. The number of hydrogen-bond acceptors (Lipinski definition) is 5. The van der Waals surface area contributed by atoms with Crippen LogP contribution in [0.2, 0.25) is 0 Å². The van der Waals surface area contributed by atoms with Crippen LogP contribution in [0.15, 0.2) is 48.5 Å². The smallest absolute Gasteiger partial charge is 0.329 e. The molecule has 0 unspecified atom stereocenters. The fourth-order valence-corrected chi connectivity index (χ4v) is 4.18. The van der Waals surface area contributed by atoms with Gasteiger partial charge in [-0.1, -0.05) is 75.7 Å². The number of hydrogen-bond donors (Lipinski definition) is 2. The van der Waals surface area contributed by atoms with Crippen molar-refractivity contribution in [2.75, 3.05) is 0 Å². The zero-order valence-electron chi connectivity index (χ0n) is 19.4. The SMILES string of the molecule is CCCCC(=O)N(Cc1ccc(-c2ccccc2-c2nnn[nH]2)cc1)C(CC)(CC)C(=O)O. The highest BCUT2D eigenvalue weighted by Crippen LogP contribution is 2.31. The maximum atomic E-state index is 13.1. The van der Waals surface area contributed by atoms with Crippen LogP contribution < -0.4 is 0 Å². The predicted octanol–water partition coefficient (Wildman–Crippen LogP) is 4.70. The molecular formula is C25H31N5O3. The lowest BCUT2D eigenvalue weighted by Crippen LogP contribution is -2.56. The molecule has 8 nitrogen and oxygen atoms in total. The van der Waals surface area contributed by atoms with Gasteiger partial charge >= 0.3 is 5.97 Å². The molecule has 8 heteroatoms. The molecule has 0 fully saturated rings. The summed E-state index contributed by atoms with van der Waals surface area (Å²) in [5.74, 6) is -0.488. The van der Waals surface area contributed by atoms with E-state index in [1.807, 2.05) is 69.3 Å². The molecule has 0 aliphatic carbocycles. The molecule has 0 bridgehead atoms. The first-order valence-corrected chi connectivity index (χ1v) is 11.4. The summed E-state index contributed by atoms with van der Waals surface area (Å²) in [6.45, 7) is 5.93. The Morgan fingerprint density at radius 1 is 1.00 bits per heavy atom. The van der Waals surface area contributed by atoms with Crippen molar-refractivity contribution in [1.82, 2.24) is 25.5 Å². The molecule has 0 aliphatic heterocycles. The zero-order chi connectivity index (χ0) is 23.8. The molecule has 1 heterocycles. The quantitative estimate of drug-likeness (QED) is 0.439. The maximum absolute atomic E-state index is 13.1. The molecule has 33 heavy (non-hydrogen) atoms. The number of aromatic amines is 1. The molecule has 0 saturated heterocycles. The van der Waals surface area contributed by atoms with Crippen molar-refractivity contribution in [2.45, 2.75) is 65.0 Å². The molecule has 0 radical (unpaired) electrons. The third-order valence-electron chi connectivity index (χ3n) is 6.26. The average molecular weight is 450 g/mol. The highest BCUT2D eigenvalue weighted by molar-refractivity contribution is 5.87. The van der Waals surface area contributed by atoms with Gasteiger partial charge < -0.3 is 10.0 Å². The van der Waals surface area contributed by atoms with Crippen molar-refractivity contribution >= 4 is 11.9 Å². The van der Waals surface area contributed by atoms with E-state index in [2.05, 4.69) is 20.6 Å². The van der Waals surface area contributed by atoms with Crippen molar-refractivity contribution < 1.29 is 14.7 Å². The second-order valence-corrected chi connectivity index (χ2v) is 8.12. The largest absolute Gasteiger partial charge is 0.479 e. The Bertz CT molecular complexity index is 1060. The molecule has 1 amide bonds. The molecule has 3 rings (SSSR count). The second-order valence-electron chi connectivity index (χ2n) is 8.12. The molecule has 0 saturated carbocycles. The highest BCUT2D eigenvalue weighted by Gasteiger charge is 2.43. The van der Waals surface area contributed by atoms with E-state index in [9.17, 15) is 14.7 Å². The van der Waals surface area contributed by atoms with E-state index < -0.39 is 11.5 Å². The van der Waals surface area contributed by atoms with Gasteiger partial charge in [-0.05, 0) is 46.4 Å². The number of unbranched alkanes of at least 4 members (excludes halogenated alkanes) is 1. The van der Waals surface area contributed by atoms with E-state index in [-0.39, 0.29) is 12.5 Å². The lowest BCUT2D eigenvalue weighted by molar-refractivity contribution is -0.161. The summed E-state index contributed by atoms with van der Waals surface area (Å²) in [5.41, 5.74) is 2.50. The van der Waals surface area contributed by atoms with Gasteiger partial charge in [0, 0.05) is 18.5 Å². The van der Waals surface area contributed by atoms with Crippen LogP contribution in [-0.4, -0.2) is 48.0 Å². The van der Waals surface area contributed by atoms with E-state index in [4.69, 9.17) is 0 Å². The third kappa shape index (κ3) is 5.10. The first-order valence-electron chi connectivity index (χ1n) is 11.4. The number of aliphatic carboxylic acids is 1. The molecular weight excluding hydrogens is 418 g/mol. The monoisotopic (exact) mass is 449 g/mol. The van der Waals surface area contributed by atoms with Crippen LogP contribution >= 0.6 is 0 Å². The normalized spacial score (nSPS) is 11.4. The summed E-state index contributed by atoms with van der Waals surface area (Å²) >= 11 is 0. The Kier molecular flexibility index (Phi) is 7.92. The lowest BCUT2D eigenvalue weighted by Gasteiger charge is -2.40. The number of carbonyl (C=O) groups excluding carboxylic acids is 1. The summed E-state index contributed by atoms with van der Waals surface area (Å²) < 4.78 is 0. The number of carbonyl (C=O) groups is 2. The van der Waals surface area contributed by atoms with E-state index in [1.165, 1.54) is 0 Å². The number of benzene rings is 2. The van der Waals surface area contributed by atoms with Crippen LogP contribution in [-0.2, 0) is 16.1 Å². The van der Waals surface area contributed by atoms with Crippen LogP contribution in [0.4, 0.5) is 0 Å². The summed E-state index contributed by atoms with van der Waals surface area (Å²) in [6.07, 6.45) is 2.68. The Hall–Kier alpha value is -3.55. The summed E-state index contributed by atoms with van der Waals surface area (Å²) in [7, 11) is 0. The highest BCUT2D eigenvalue weighted by atomic mass is 16.4. The van der Waals surface area contributed by atoms with Crippen LogP contribution in [0.25, 0.3) is 22.5 Å². The van der Waals surface area contributed by atoms with Gasteiger partial charge in [0.05, 0.1) is 0 Å². The minimum absolute atomic E-state index is 0.116. The molecule has 2 aromatic carbocycles. The van der Waals surface area contributed by atoms with Gasteiger partial charge in [-0.3, -0.25) is 4.79 Å².